The molecule has 2 radical (unpaired) electrons. The van der Waals surface area contributed by atoms with Gasteiger partial charge >= 0.3 is 0 Å². The van der Waals surface area contributed by atoms with Crippen LogP contribution in [0.3, 0.4) is 0 Å². The Bertz CT molecular complexity index is 3210. The number of anilines is 4. The molecule has 0 aliphatic heterocycles. The fourth-order valence-electron chi connectivity index (χ4n) is 8.13. The molecular formula is C54H39BN4. The Kier molecular flexibility index (Phi) is 9.45. The van der Waals surface area contributed by atoms with Crippen molar-refractivity contribution < 1.29 is 0 Å². The average molecular weight is 755 g/mol. The molecule has 0 saturated heterocycles. The Labute approximate surface area is 345 Å². The molecular weight excluding hydrogens is 715 g/mol. The van der Waals surface area contributed by atoms with Gasteiger partial charge in [-0.05, 0) is 102 Å². The molecule has 5 heteroatoms. The third-order valence-corrected chi connectivity index (χ3v) is 10.9. The van der Waals surface area contributed by atoms with E-state index in [2.05, 4.69) is 202 Å². The molecule has 0 atom stereocenters. The first-order valence-corrected chi connectivity index (χ1v) is 19.9. The first-order valence-electron chi connectivity index (χ1n) is 19.9. The molecule has 2 N–H and O–H groups in total. The maximum Gasteiger partial charge on any atom is 0.113 e. The van der Waals surface area contributed by atoms with Gasteiger partial charge in [0.25, 0.3) is 0 Å². The number of fused-ring (bicyclic) bond motifs is 6. The lowest BCUT2D eigenvalue weighted by atomic mass is 9.97. The molecule has 59 heavy (non-hydrogen) atoms. The van der Waals surface area contributed by atoms with E-state index in [1.165, 1.54) is 60.4 Å². The van der Waals surface area contributed by atoms with E-state index in [0.717, 1.165) is 33.9 Å². The van der Waals surface area contributed by atoms with E-state index in [9.17, 15) is 0 Å². The van der Waals surface area contributed by atoms with Crippen molar-refractivity contribution in [3.8, 4) is 22.5 Å². The Morgan fingerprint density at radius 1 is 0.305 bits per heavy atom. The topological polar surface area (TPSA) is 33.9 Å². The van der Waals surface area contributed by atoms with Gasteiger partial charge in [0.15, 0.2) is 0 Å². The van der Waals surface area contributed by atoms with Gasteiger partial charge in [-0.25, -0.2) is 0 Å². The van der Waals surface area contributed by atoms with Gasteiger partial charge in [-0.2, -0.15) is 0 Å². The summed E-state index contributed by atoms with van der Waals surface area (Å²) < 4.78 is 4.75. The average Bonchev–Trinajstić information content (AvgIpc) is 3.81. The summed E-state index contributed by atoms with van der Waals surface area (Å²) in [6.45, 7) is 0. The SMILES string of the molecule is [B]c1ccccc1.c1ccc(Nc2ccc(-n3c4ccccc4c4cc(-c5ccc6c(c5)c5ccccc5n6-c5ccccc5)ccc43)cc2Nc2ccccc2)cc1. The summed E-state index contributed by atoms with van der Waals surface area (Å²) in [6.07, 6.45) is 0. The van der Waals surface area contributed by atoms with E-state index in [1.54, 1.807) is 0 Å². The molecule has 11 aromatic rings. The quantitative estimate of drug-likeness (QED) is 0.159. The van der Waals surface area contributed by atoms with Crippen molar-refractivity contribution in [3.05, 3.63) is 224 Å². The zero-order chi connectivity index (χ0) is 39.5. The van der Waals surface area contributed by atoms with E-state index in [1.807, 2.05) is 42.5 Å². The van der Waals surface area contributed by atoms with Crippen molar-refractivity contribution in [2.45, 2.75) is 0 Å². The minimum absolute atomic E-state index is 0.822. The van der Waals surface area contributed by atoms with Crippen LogP contribution >= 0.6 is 0 Å². The lowest BCUT2D eigenvalue weighted by Gasteiger charge is -2.17. The maximum atomic E-state index is 5.36. The molecule has 0 spiro atoms. The van der Waals surface area contributed by atoms with Crippen molar-refractivity contribution in [2.75, 3.05) is 10.6 Å². The number of nitrogens with zero attached hydrogens (tertiary/aromatic N) is 2. The predicted molar refractivity (Wildman–Crippen MR) is 252 cm³/mol. The van der Waals surface area contributed by atoms with Gasteiger partial charge in [0, 0.05) is 44.3 Å². The second-order valence-electron chi connectivity index (χ2n) is 14.6. The molecule has 0 unspecified atom stereocenters. The third-order valence-electron chi connectivity index (χ3n) is 10.9. The van der Waals surface area contributed by atoms with Gasteiger partial charge in [0.05, 0.1) is 33.4 Å². The second kappa shape index (κ2) is 15.6. The number of para-hydroxylation sites is 5. The lowest BCUT2D eigenvalue weighted by Crippen LogP contribution is -2.01. The van der Waals surface area contributed by atoms with Crippen LogP contribution in [0.25, 0.3) is 66.1 Å². The highest BCUT2D eigenvalue weighted by atomic mass is 15.0. The van der Waals surface area contributed by atoms with Crippen molar-refractivity contribution in [2.24, 2.45) is 0 Å². The molecule has 9 aromatic carbocycles. The van der Waals surface area contributed by atoms with Crippen molar-refractivity contribution in [1.82, 2.24) is 9.13 Å². The molecule has 278 valence electrons. The standard InChI is InChI=1S/C48H34N4.C6H5B/c1-4-14-35(15-5-1)49-43-27-26-38(32-44(43)50-36-16-6-2-7-17-36)52-46-23-13-11-21-40(46)42-31-34(25-29-48(42)52)33-24-28-47-41(30-33)39-20-10-12-22-45(39)51(47)37-18-8-3-9-19-37;7-6-4-2-1-3-5-6/h1-32,49-50H;1-5H. The Morgan fingerprint density at radius 2 is 0.729 bits per heavy atom. The highest BCUT2D eigenvalue weighted by molar-refractivity contribution is 6.32. The monoisotopic (exact) mass is 754 g/mol. The number of aromatic nitrogens is 2. The summed E-state index contributed by atoms with van der Waals surface area (Å²) in [6, 6.07) is 78.6. The first-order chi connectivity index (χ1) is 29.2. The van der Waals surface area contributed by atoms with Crippen LogP contribution in [0.4, 0.5) is 22.7 Å². The van der Waals surface area contributed by atoms with Crippen molar-refractivity contribution >= 4 is 79.7 Å². The van der Waals surface area contributed by atoms with Crippen LogP contribution in [0.1, 0.15) is 0 Å². The van der Waals surface area contributed by atoms with Crippen LogP contribution in [-0.2, 0) is 0 Å². The fraction of sp³-hybridized carbons (Fsp3) is 0. The molecule has 0 fully saturated rings. The molecule has 0 amide bonds. The van der Waals surface area contributed by atoms with E-state index < -0.39 is 0 Å². The van der Waals surface area contributed by atoms with Crippen LogP contribution in [-0.4, -0.2) is 17.0 Å². The zero-order valence-corrected chi connectivity index (χ0v) is 32.3. The fourth-order valence-corrected chi connectivity index (χ4v) is 8.13. The predicted octanol–water partition coefficient (Wildman–Crippen LogP) is 13.5. The Balaban J connectivity index is 0.000000547. The normalized spacial score (nSPS) is 11.1. The second-order valence-corrected chi connectivity index (χ2v) is 14.6. The molecule has 0 aliphatic rings. The molecule has 2 heterocycles. The summed E-state index contributed by atoms with van der Waals surface area (Å²) in [5, 5.41) is 12.3. The smallest absolute Gasteiger partial charge is 0.113 e. The van der Waals surface area contributed by atoms with E-state index in [0.29, 0.717) is 0 Å². The van der Waals surface area contributed by atoms with Crippen LogP contribution in [0.15, 0.2) is 224 Å². The number of nitrogens with one attached hydrogen (secondary N) is 2. The summed E-state index contributed by atoms with van der Waals surface area (Å²) in [7, 11) is 5.36. The molecule has 4 nitrogen and oxygen atoms in total. The lowest BCUT2D eigenvalue weighted by molar-refractivity contribution is 1.18. The van der Waals surface area contributed by atoms with E-state index in [4.69, 9.17) is 7.85 Å². The molecule has 11 rings (SSSR count). The molecule has 0 bridgehead atoms. The Morgan fingerprint density at radius 3 is 1.24 bits per heavy atom. The van der Waals surface area contributed by atoms with Gasteiger partial charge in [-0.15, -0.1) is 0 Å². The highest BCUT2D eigenvalue weighted by Crippen LogP contribution is 2.39. The van der Waals surface area contributed by atoms with Gasteiger partial charge in [-0.3, -0.25) is 0 Å². The maximum absolute atomic E-state index is 5.36. The zero-order valence-electron chi connectivity index (χ0n) is 32.3. The van der Waals surface area contributed by atoms with Crippen molar-refractivity contribution in [3.63, 3.8) is 0 Å². The first kappa shape index (κ1) is 35.6. The minimum Gasteiger partial charge on any atom is -0.354 e. The van der Waals surface area contributed by atoms with Crippen LogP contribution in [0, 0.1) is 0 Å². The van der Waals surface area contributed by atoms with E-state index >= 15 is 0 Å². The van der Waals surface area contributed by atoms with Crippen molar-refractivity contribution in [1.29, 1.82) is 0 Å². The molecule has 0 aliphatic carbocycles. The number of benzene rings is 9. The number of rotatable bonds is 7. The summed E-state index contributed by atoms with van der Waals surface area (Å²) >= 11 is 0. The van der Waals surface area contributed by atoms with E-state index in [-0.39, 0.29) is 0 Å². The van der Waals surface area contributed by atoms with Gasteiger partial charge in [0.2, 0.25) is 0 Å². The largest absolute Gasteiger partial charge is 0.354 e. The number of hydrogen-bond acceptors (Lipinski definition) is 2. The van der Waals surface area contributed by atoms with Gasteiger partial charge in [0.1, 0.15) is 7.85 Å². The molecule has 0 saturated carbocycles. The summed E-state index contributed by atoms with van der Waals surface area (Å²) in [5.74, 6) is 0. The summed E-state index contributed by atoms with van der Waals surface area (Å²) in [4.78, 5) is 0. The molecule has 2 aromatic heterocycles. The van der Waals surface area contributed by atoms with Crippen LogP contribution in [0.5, 0.6) is 0 Å². The summed E-state index contributed by atoms with van der Waals surface area (Å²) in [5.41, 5.74) is 14.3. The number of hydrogen-bond donors (Lipinski definition) is 2. The van der Waals surface area contributed by atoms with Gasteiger partial charge in [-0.1, -0.05) is 139 Å². The van der Waals surface area contributed by atoms with Gasteiger partial charge < -0.3 is 19.8 Å². The van der Waals surface area contributed by atoms with Crippen LogP contribution < -0.4 is 16.1 Å². The Hall–Kier alpha value is -7.76. The third kappa shape index (κ3) is 7.00. The highest BCUT2D eigenvalue weighted by Gasteiger charge is 2.17. The van der Waals surface area contributed by atoms with Crippen LogP contribution in [0.2, 0.25) is 0 Å². The minimum atomic E-state index is 0.822.